The van der Waals surface area contributed by atoms with Crippen molar-refractivity contribution in [1.29, 1.82) is 0 Å². The minimum Gasteiger partial charge on any atom is -0.316 e. The maximum absolute atomic E-state index is 5.87. The maximum Gasteiger partial charge on any atom is 0.0406 e. The van der Waals surface area contributed by atoms with E-state index in [4.69, 9.17) is 11.6 Å². The van der Waals surface area contributed by atoms with Crippen molar-refractivity contribution in [3.8, 4) is 11.1 Å². The topological polar surface area (TPSA) is 12.0 Å². The van der Waals surface area contributed by atoms with Crippen molar-refractivity contribution < 1.29 is 0 Å². The van der Waals surface area contributed by atoms with Crippen molar-refractivity contribution in [1.82, 2.24) is 5.32 Å². The van der Waals surface area contributed by atoms with Gasteiger partial charge in [0, 0.05) is 11.6 Å². The van der Waals surface area contributed by atoms with E-state index in [0.717, 1.165) is 11.6 Å². The molecule has 0 fully saturated rings. The predicted octanol–water partition coefficient (Wildman–Crippen LogP) is 3.73. The number of hydrogen-bond acceptors (Lipinski definition) is 1. The first kappa shape index (κ1) is 11.2. The Labute approximate surface area is 101 Å². The molecule has 16 heavy (non-hydrogen) atoms. The van der Waals surface area contributed by atoms with Crippen molar-refractivity contribution in [3.05, 3.63) is 59.1 Å². The van der Waals surface area contributed by atoms with Gasteiger partial charge in [0.25, 0.3) is 0 Å². The van der Waals surface area contributed by atoms with Crippen LogP contribution in [-0.2, 0) is 6.54 Å². The molecule has 0 heterocycles. The zero-order valence-electron chi connectivity index (χ0n) is 9.20. The highest BCUT2D eigenvalue weighted by Crippen LogP contribution is 2.22. The van der Waals surface area contributed by atoms with Crippen LogP contribution in [0.5, 0.6) is 0 Å². The van der Waals surface area contributed by atoms with Crippen LogP contribution in [0.4, 0.5) is 0 Å². The summed E-state index contributed by atoms with van der Waals surface area (Å²) < 4.78 is 0. The summed E-state index contributed by atoms with van der Waals surface area (Å²) in [7, 11) is 1.95. The molecule has 0 unspecified atom stereocenters. The number of nitrogens with one attached hydrogen (secondary N) is 1. The lowest BCUT2D eigenvalue weighted by Crippen LogP contribution is -2.04. The quantitative estimate of drug-likeness (QED) is 0.849. The molecule has 0 aliphatic carbocycles. The molecule has 82 valence electrons. The monoisotopic (exact) mass is 231 g/mol. The van der Waals surface area contributed by atoms with E-state index in [1.807, 2.05) is 31.3 Å². The molecular formula is C14H14ClN. The van der Waals surface area contributed by atoms with E-state index in [1.54, 1.807) is 0 Å². The number of hydrogen-bond donors (Lipinski definition) is 1. The van der Waals surface area contributed by atoms with Crippen LogP contribution in [0.3, 0.4) is 0 Å². The Bertz CT molecular complexity index is 462. The fourth-order valence-electron chi connectivity index (χ4n) is 1.71. The van der Waals surface area contributed by atoms with Crippen LogP contribution < -0.4 is 5.32 Å². The molecule has 1 nitrogen and oxygen atoms in total. The largest absolute Gasteiger partial charge is 0.316 e. The van der Waals surface area contributed by atoms with Gasteiger partial charge >= 0.3 is 0 Å². The lowest BCUT2D eigenvalue weighted by Gasteiger charge is -2.05. The van der Waals surface area contributed by atoms with Crippen LogP contribution in [-0.4, -0.2) is 7.05 Å². The average molecular weight is 232 g/mol. The molecule has 0 radical (unpaired) electrons. The van der Waals surface area contributed by atoms with Crippen molar-refractivity contribution in [2.75, 3.05) is 7.05 Å². The SMILES string of the molecule is CNCc1cccc(-c2ccc(Cl)cc2)c1. The summed E-state index contributed by atoms with van der Waals surface area (Å²) in [6.07, 6.45) is 0. The molecule has 2 heteroatoms. The third kappa shape index (κ3) is 2.63. The summed E-state index contributed by atoms with van der Waals surface area (Å²) in [4.78, 5) is 0. The van der Waals surface area contributed by atoms with Gasteiger partial charge in [0.05, 0.1) is 0 Å². The number of benzene rings is 2. The van der Waals surface area contributed by atoms with Crippen LogP contribution >= 0.6 is 11.6 Å². The second-order valence-corrected chi connectivity index (χ2v) is 4.17. The minimum atomic E-state index is 0.773. The summed E-state index contributed by atoms with van der Waals surface area (Å²) in [5.74, 6) is 0. The first-order chi connectivity index (χ1) is 7.79. The van der Waals surface area contributed by atoms with Crippen LogP contribution in [0.1, 0.15) is 5.56 Å². The first-order valence-corrected chi connectivity index (χ1v) is 5.67. The smallest absolute Gasteiger partial charge is 0.0406 e. The van der Waals surface area contributed by atoms with E-state index in [-0.39, 0.29) is 0 Å². The zero-order valence-corrected chi connectivity index (χ0v) is 9.96. The van der Waals surface area contributed by atoms with Gasteiger partial charge in [-0.25, -0.2) is 0 Å². The lowest BCUT2D eigenvalue weighted by molar-refractivity contribution is 0.818. The van der Waals surface area contributed by atoms with E-state index < -0.39 is 0 Å². The van der Waals surface area contributed by atoms with E-state index in [9.17, 15) is 0 Å². The average Bonchev–Trinajstić information content (AvgIpc) is 2.31. The van der Waals surface area contributed by atoms with Gasteiger partial charge in [0.1, 0.15) is 0 Å². The molecule has 0 spiro atoms. The molecule has 0 bridgehead atoms. The Morgan fingerprint density at radius 1 is 1.00 bits per heavy atom. The molecule has 0 atom stereocenters. The highest BCUT2D eigenvalue weighted by Gasteiger charge is 1.98. The summed E-state index contributed by atoms with van der Waals surface area (Å²) in [6, 6.07) is 16.4. The van der Waals surface area contributed by atoms with Crippen molar-refractivity contribution in [2.45, 2.75) is 6.54 Å². The predicted molar refractivity (Wildman–Crippen MR) is 69.7 cm³/mol. The van der Waals surface area contributed by atoms with E-state index in [2.05, 4.69) is 29.6 Å². The number of halogens is 1. The Morgan fingerprint density at radius 3 is 2.44 bits per heavy atom. The Morgan fingerprint density at radius 2 is 1.75 bits per heavy atom. The summed E-state index contributed by atoms with van der Waals surface area (Å²) in [5, 5.41) is 3.92. The normalized spacial score (nSPS) is 10.4. The zero-order chi connectivity index (χ0) is 11.4. The van der Waals surface area contributed by atoms with Gasteiger partial charge in [-0.1, -0.05) is 41.9 Å². The Balaban J connectivity index is 2.32. The number of rotatable bonds is 3. The second-order valence-electron chi connectivity index (χ2n) is 3.74. The third-order valence-electron chi connectivity index (χ3n) is 2.49. The lowest BCUT2D eigenvalue weighted by atomic mass is 10.0. The fraction of sp³-hybridized carbons (Fsp3) is 0.143. The molecule has 2 rings (SSSR count). The maximum atomic E-state index is 5.87. The van der Waals surface area contributed by atoms with Gasteiger partial charge in [-0.05, 0) is 41.9 Å². The standard InChI is InChI=1S/C14H14ClN/c1-16-10-11-3-2-4-13(9-11)12-5-7-14(15)8-6-12/h2-9,16H,10H2,1H3. The summed E-state index contributed by atoms with van der Waals surface area (Å²) in [6.45, 7) is 0.890. The first-order valence-electron chi connectivity index (χ1n) is 5.29. The molecule has 0 amide bonds. The molecule has 0 aliphatic rings. The highest BCUT2D eigenvalue weighted by atomic mass is 35.5. The molecule has 0 aliphatic heterocycles. The molecule has 0 saturated carbocycles. The van der Waals surface area contributed by atoms with Gasteiger partial charge in [0.2, 0.25) is 0 Å². The van der Waals surface area contributed by atoms with Crippen molar-refractivity contribution in [3.63, 3.8) is 0 Å². The van der Waals surface area contributed by atoms with Gasteiger partial charge in [-0.3, -0.25) is 0 Å². The van der Waals surface area contributed by atoms with Gasteiger partial charge < -0.3 is 5.32 Å². The van der Waals surface area contributed by atoms with Gasteiger partial charge in [-0.15, -0.1) is 0 Å². The molecule has 0 saturated heterocycles. The van der Waals surface area contributed by atoms with E-state index in [1.165, 1.54) is 16.7 Å². The van der Waals surface area contributed by atoms with Crippen LogP contribution in [0, 0.1) is 0 Å². The van der Waals surface area contributed by atoms with E-state index >= 15 is 0 Å². The molecule has 2 aromatic carbocycles. The van der Waals surface area contributed by atoms with Crippen LogP contribution in [0.2, 0.25) is 5.02 Å². The molecule has 0 aromatic heterocycles. The van der Waals surface area contributed by atoms with E-state index in [0.29, 0.717) is 0 Å². The van der Waals surface area contributed by atoms with Crippen molar-refractivity contribution >= 4 is 11.6 Å². The van der Waals surface area contributed by atoms with Gasteiger partial charge in [0.15, 0.2) is 0 Å². The fourth-order valence-corrected chi connectivity index (χ4v) is 1.83. The Hall–Kier alpha value is -1.31. The summed E-state index contributed by atoms with van der Waals surface area (Å²) >= 11 is 5.87. The van der Waals surface area contributed by atoms with Crippen LogP contribution in [0.25, 0.3) is 11.1 Å². The molecular weight excluding hydrogens is 218 g/mol. The molecule has 2 aromatic rings. The van der Waals surface area contributed by atoms with Crippen LogP contribution in [0.15, 0.2) is 48.5 Å². The second kappa shape index (κ2) is 5.15. The van der Waals surface area contributed by atoms with Crippen molar-refractivity contribution in [2.24, 2.45) is 0 Å². The van der Waals surface area contributed by atoms with Gasteiger partial charge in [-0.2, -0.15) is 0 Å². The highest BCUT2D eigenvalue weighted by molar-refractivity contribution is 6.30. The third-order valence-corrected chi connectivity index (χ3v) is 2.74. The molecule has 1 N–H and O–H groups in total. The minimum absolute atomic E-state index is 0.773. The Kier molecular flexibility index (Phi) is 3.60. The summed E-state index contributed by atoms with van der Waals surface area (Å²) in [5.41, 5.74) is 3.71.